The molecule has 2 rings (SSSR count). The summed E-state index contributed by atoms with van der Waals surface area (Å²) >= 11 is 7.23. The number of nitrogens with zero attached hydrogens (tertiary/aromatic N) is 2. The van der Waals surface area contributed by atoms with Gasteiger partial charge in [0, 0.05) is 11.6 Å². The minimum absolute atomic E-state index is 0.117. The molecule has 0 unspecified atom stereocenters. The van der Waals surface area contributed by atoms with E-state index in [1.807, 2.05) is 0 Å². The average molecular weight is 378 g/mol. The number of thioether (sulfide) groups is 1. The molecule has 0 saturated carbocycles. The van der Waals surface area contributed by atoms with E-state index in [0.29, 0.717) is 33.5 Å². The summed E-state index contributed by atoms with van der Waals surface area (Å²) in [5.41, 5.74) is 0.415. The van der Waals surface area contributed by atoms with E-state index in [9.17, 15) is 9.59 Å². The van der Waals surface area contributed by atoms with Crippen LogP contribution in [-0.2, 0) is 11.3 Å². The molecule has 0 spiro atoms. The Hall–Kier alpha value is -1.97. The Morgan fingerprint density at radius 2 is 2.24 bits per heavy atom. The summed E-state index contributed by atoms with van der Waals surface area (Å²) in [4.78, 5) is 29.2. The number of benzene rings is 1. The van der Waals surface area contributed by atoms with Crippen LogP contribution in [0.2, 0.25) is 5.02 Å². The zero-order valence-corrected chi connectivity index (χ0v) is 15.8. The van der Waals surface area contributed by atoms with Crippen LogP contribution in [0.5, 0.6) is 0 Å². The second-order valence-corrected chi connectivity index (χ2v) is 7.34. The fourth-order valence-corrected chi connectivity index (χ4v) is 3.22. The molecule has 0 radical (unpaired) electrons. The number of nitrogens with one attached hydrogen (secondary N) is 1. The third-order valence-electron chi connectivity index (χ3n) is 3.53. The topological polar surface area (TPSA) is 64.0 Å². The highest BCUT2D eigenvalue weighted by Gasteiger charge is 2.14. The Labute approximate surface area is 156 Å². The molecule has 5 nitrogen and oxygen atoms in total. The molecule has 25 heavy (non-hydrogen) atoms. The van der Waals surface area contributed by atoms with Gasteiger partial charge in [-0.3, -0.25) is 14.2 Å². The Morgan fingerprint density at radius 3 is 2.92 bits per heavy atom. The number of fused-ring (bicyclic) bond motifs is 1. The molecule has 1 N–H and O–H groups in total. The Morgan fingerprint density at radius 1 is 1.48 bits per heavy atom. The number of hydrogen-bond donors (Lipinski definition) is 1. The van der Waals surface area contributed by atoms with Crippen LogP contribution in [0, 0.1) is 18.3 Å². The second-order valence-electron chi connectivity index (χ2n) is 5.96. The van der Waals surface area contributed by atoms with Crippen LogP contribution in [0.25, 0.3) is 10.9 Å². The number of terminal acetylenes is 1. The zero-order valence-electron chi connectivity index (χ0n) is 14.2. The number of aromatic nitrogens is 2. The maximum atomic E-state index is 12.8. The number of halogens is 1. The Bertz CT molecular complexity index is 871. The maximum absolute atomic E-state index is 12.8. The minimum atomic E-state index is -0.196. The van der Waals surface area contributed by atoms with Crippen LogP contribution in [0.15, 0.2) is 28.2 Å². The normalized spacial score (nSPS) is 10.8. The molecule has 0 fully saturated rings. The van der Waals surface area contributed by atoms with Crippen molar-refractivity contribution in [3.63, 3.8) is 0 Å². The summed E-state index contributed by atoms with van der Waals surface area (Å²) in [6, 6.07) is 5.03. The standard InChI is InChI=1S/C18H20ClN3O2S/c1-4-8-20-16(23)11-25-18-21-15-10-13(19)5-6-14(15)17(24)22(18)9-7-12(2)3/h1,5-6,10,12H,7-9,11H2,2-3H3,(H,20,23). The van der Waals surface area contributed by atoms with Gasteiger partial charge in [-0.15, -0.1) is 6.42 Å². The molecular formula is C18H20ClN3O2S. The fourth-order valence-electron chi connectivity index (χ4n) is 2.20. The molecule has 1 heterocycles. The van der Waals surface area contributed by atoms with Crippen molar-refractivity contribution in [1.29, 1.82) is 0 Å². The van der Waals surface area contributed by atoms with E-state index in [2.05, 4.69) is 30.1 Å². The van der Waals surface area contributed by atoms with Gasteiger partial charge in [0.15, 0.2) is 5.16 Å². The molecule has 1 aromatic carbocycles. The predicted molar refractivity (Wildman–Crippen MR) is 103 cm³/mol. The Kier molecular flexibility index (Phi) is 6.91. The highest BCUT2D eigenvalue weighted by atomic mass is 35.5. The molecule has 0 saturated heterocycles. The summed E-state index contributed by atoms with van der Waals surface area (Å²) in [6.45, 7) is 4.93. The Balaban J connectivity index is 2.37. The lowest BCUT2D eigenvalue weighted by Gasteiger charge is -2.14. The van der Waals surface area contributed by atoms with E-state index in [1.165, 1.54) is 11.8 Å². The summed E-state index contributed by atoms with van der Waals surface area (Å²) < 4.78 is 1.63. The van der Waals surface area contributed by atoms with Gasteiger partial charge in [0.05, 0.1) is 23.2 Å². The van der Waals surface area contributed by atoms with Gasteiger partial charge in [-0.2, -0.15) is 0 Å². The summed E-state index contributed by atoms with van der Waals surface area (Å²) in [7, 11) is 0. The van der Waals surface area contributed by atoms with E-state index >= 15 is 0 Å². The first-order valence-electron chi connectivity index (χ1n) is 7.95. The van der Waals surface area contributed by atoms with Crippen LogP contribution < -0.4 is 10.9 Å². The monoisotopic (exact) mass is 377 g/mol. The van der Waals surface area contributed by atoms with E-state index in [4.69, 9.17) is 18.0 Å². The third kappa shape index (κ3) is 5.25. The van der Waals surface area contributed by atoms with Crippen molar-refractivity contribution in [3.8, 4) is 12.3 Å². The molecule has 7 heteroatoms. The molecule has 0 aliphatic heterocycles. The van der Waals surface area contributed by atoms with Crippen LogP contribution >= 0.6 is 23.4 Å². The summed E-state index contributed by atoms with van der Waals surface area (Å²) in [5.74, 6) is 2.75. The third-order valence-corrected chi connectivity index (χ3v) is 4.74. The number of carbonyl (C=O) groups is 1. The molecule has 132 valence electrons. The molecule has 0 aliphatic carbocycles. The molecule has 0 atom stereocenters. The van der Waals surface area contributed by atoms with Crippen LogP contribution in [0.3, 0.4) is 0 Å². The molecule has 2 aromatic rings. The number of carbonyl (C=O) groups excluding carboxylic acids is 1. The number of amides is 1. The lowest BCUT2D eigenvalue weighted by Crippen LogP contribution is -2.27. The van der Waals surface area contributed by atoms with Gasteiger partial charge in [-0.1, -0.05) is 43.1 Å². The number of hydrogen-bond acceptors (Lipinski definition) is 4. The van der Waals surface area contributed by atoms with Gasteiger partial charge in [0.25, 0.3) is 5.56 Å². The van der Waals surface area contributed by atoms with Crippen molar-refractivity contribution in [2.75, 3.05) is 12.3 Å². The SMILES string of the molecule is C#CCNC(=O)CSc1nc2cc(Cl)ccc2c(=O)n1CCC(C)C. The van der Waals surface area contributed by atoms with Gasteiger partial charge in [-0.25, -0.2) is 4.98 Å². The smallest absolute Gasteiger partial charge is 0.262 e. The highest BCUT2D eigenvalue weighted by molar-refractivity contribution is 7.99. The highest BCUT2D eigenvalue weighted by Crippen LogP contribution is 2.21. The van der Waals surface area contributed by atoms with Crippen LogP contribution in [-0.4, -0.2) is 27.8 Å². The quantitative estimate of drug-likeness (QED) is 0.457. The molecule has 1 aromatic heterocycles. The van der Waals surface area contributed by atoms with Crippen molar-refractivity contribution >= 4 is 40.2 Å². The first kappa shape index (κ1) is 19.4. The summed E-state index contributed by atoms with van der Waals surface area (Å²) in [6.07, 6.45) is 5.98. The predicted octanol–water partition coefficient (Wildman–Crippen LogP) is 2.94. The van der Waals surface area contributed by atoms with Gasteiger partial charge >= 0.3 is 0 Å². The van der Waals surface area contributed by atoms with Crippen molar-refractivity contribution < 1.29 is 4.79 Å². The van der Waals surface area contributed by atoms with Gasteiger partial charge in [0.1, 0.15) is 0 Å². The minimum Gasteiger partial charge on any atom is -0.344 e. The van der Waals surface area contributed by atoms with E-state index in [-0.39, 0.29) is 23.8 Å². The zero-order chi connectivity index (χ0) is 18.4. The maximum Gasteiger partial charge on any atom is 0.262 e. The second kappa shape index (κ2) is 8.93. The van der Waals surface area contributed by atoms with Crippen LogP contribution in [0.1, 0.15) is 20.3 Å². The van der Waals surface area contributed by atoms with Crippen LogP contribution in [0.4, 0.5) is 0 Å². The molecule has 0 aliphatic rings. The van der Waals surface area contributed by atoms with E-state index in [0.717, 1.165) is 6.42 Å². The molecule has 0 bridgehead atoms. The molecule has 1 amide bonds. The van der Waals surface area contributed by atoms with Gasteiger partial charge in [-0.05, 0) is 30.5 Å². The van der Waals surface area contributed by atoms with Crippen molar-refractivity contribution in [2.24, 2.45) is 5.92 Å². The van der Waals surface area contributed by atoms with E-state index < -0.39 is 0 Å². The number of rotatable bonds is 7. The van der Waals surface area contributed by atoms with Crippen molar-refractivity contribution in [2.45, 2.75) is 32.0 Å². The molecular weight excluding hydrogens is 358 g/mol. The average Bonchev–Trinajstić information content (AvgIpc) is 2.56. The largest absolute Gasteiger partial charge is 0.344 e. The van der Waals surface area contributed by atoms with Gasteiger partial charge < -0.3 is 5.32 Å². The first-order chi connectivity index (χ1) is 11.9. The lowest BCUT2D eigenvalue weighted by atomic mass is 10.1. The van der Waals surface area contributed by atoms with Crippen molar-refractivity contribution in [3.05, 3.63) is 33.6 Å². The van der Waals surface area contributed by atoms with E-state index in [1.54, 1.807) is 22.8 Å². The first-order valence-corrected chi connectivity index (χ1v) is 9.31. The van der Waals surface area contributed by atoms with Crippen molar-refractivity contribution in [1.82, 2.24) is 14.9 Å². The van der Waals surface area contributed by atoms with Gasteiger partial charge in [0.2, 0.25) is 5.91 Å². The summed E-state index contributed by atoms with van der Waals surface area (Å²) in [5, 5.41) is 4.15. The lowest BCUT2D eigenvalue weighted by molar-refractivity contribution is -0.118. The fraction of sp³-hybridized carbons (Fsp3) is 0.389.